The molecule has 0 saturated carbocycles. The molecule has 0 spiro atoms. The third kappa shape index (κ3) is 4.22. The maximum absolute atomic E-state index is 14.3. The molecule has 0 aliphatic rings. The zero-order valence-corrected chi connectivity index (χ0v) is 16.6. The van der Waals surface area contributed by atoms with E-state index in [2.05, 4.69) is 21.9 Å². The first-order valence-corrected chi connectivity index (χ1v) is 8.92. The standard InChI is InChI=1S/C20H19ClFN5O2/c1-11(19(23)28)27(2)9-12-7-13-16(8-17(12)29-3)24-10-25-20(13)26-15-6-4-5-14(21)18(15)22/h4-8,10H,1,9H2,2-3H3,(H2,23,28)(H,24,25,26). The molecule has 0 radical (unpaired) electrons. The summed E-state index contributed by atoms with van der Waals surface area (Å²) in [5.41, 5.74) is 7.00. The number of hydrogen-bond acceptors (Lipinski definition) is 6. The van der Waals surface area contributed by atoms with Gasteiger partial charge in [-0.2, -0.15) is 0 Å². The summed E-state index contributed by atoms with van der Waals surface area (Å²) in [5.74, 6) is -0.224. The van der Waals surface area contributed by atoms with Crippen molar-refractivity contribution in [2.45, 2.75) is 6.54 Å². The van der Waals surface area contributed by atoms with Gasteiger partial charge in [-0.15, -0.1) is 0 Å². The van der Waals surface area contributed by atoms with Crippen LogP contribution in [-0.4, -0.2) is 34.9 Å². The smallest absolute Gasteiger partial charge is 0.264 e. The summed E-state index contributed by atoms with van der Waals surface area (Å²) < 4.78 is 19.8. The van der Waals surface area contributed by atoms with Gasteiger partial charge >= 0.3 is 0 Å². The maximum Gasteiger partial charge on any atom is 0.264 e. The first-order valence-electron chi connectivity index (χ1n) is 8.54. The minimum absolute atomic E-state index is 0.00214. The van der Waals surface area contributed by atoms with Crippen molar-refractivity contribution in [1.29, 1.82) is 0 Å². The normalized spacial score (nSPS) is 10.6. The van der Waals surface area contributed by atoms with E-state index >= 15 is 0 Å². The molecule has 0 saturated heterocycles. The molecule has 9 heteroatoms. The van der Waals surface area contributed by atoms with Crippen molar-refractivity contribution in [1.82, 2.24) is 14.9 Å². The lowest BCUT2D eigenvalue weighted by Gasteiger charge is -2.21. The summed E-state index contributed by atoms with van der Waals surface area (Å²) in [4.78, 5) is 21.5. The zero-order valence-electron chi connectivity index (χ0n) is 15.9. The topological polar surface area (TPSA) is 93.4 Å². The number of benzene rings is 2. The molecule has 1 heterocycles. The number of aromatic nitrogens is 2. The van der Waals surface area contributed by atoms with Crippen molar-refractivity contribution < 1.29 is 13.9 Å². The Kier molecular flexibility index (Phi) is 5.84. The van der Waals surface area contributed by atoms with Crippen LogP contribution in [0.15, 0.2) is 48.9 Å². The van der Waals surface area contributed by atoms with Gasteiger partial charge in [-0.05, 0) is 18.2 Å². The van der Waals surface area contributed by atoms with Gasteiger partial charge in [0.25, 0.3) is 5.91 Å². The predicted octanol–water partition coefficient (Wildman–Crippen LogP) is 3.61. The Hall–Kier alpha value is -3.39. The van der Waals surface area contributed by atoms with Gasteiger partial charge in [-0.1, -0.05) is 24.2 Å². The van der Waals surface area contributed by atoms with Crippen LogP contribution in [0.2, 0.25) is 5.02 Å². The lowest BCUT2D eigenvalue weighted by Crippen LogP contribution is -2.27. The molecule has 3 N–H and O–H groups in total. The average molecular weight is 416 g/mol. The quantitative estimate of drug-likeness (QED) is 0.572. The van der Waals surface area contributed by atoms with E-state index in [0.29, 0.717) is 29.0 Å². The molecular weight excluding hydrogens is 397 g/mol. The Morgan fingerprint density at radius 2 is 2.14 bits per heavy atom. The van der Waals surface area contributed by atoms with Gasteiger partial charge in [0.1, 0.15) is 17.9 Å². The minimum atomic E-state index is -0.616. The molecular formula is C20H19ClFN5O2. The molecule has 0 fully saturated rings. The largest absolute Gasteiger partial charge is 0.496 e. The summed E-state index contributed by atoms with van der Waals surface area (Å²) in [5, 5.41) is 3.60. The van der Waals surface area contributed by atoms with Crippen LogP contribution in [0.25, 0.3) is 10.9 Å². The van der Waals surface area contributed by atoms with E-state index in [1.807, 2.05) is 6.07 Å². The monoisotopic (exact) mass is 415 g/mol. The molecule has 3 aromatic rings. The first-order chi connectivity index (χ1) is 13.8. The van der Waals surface area contributed by atoms with Crippen molar-refractivity contribution in [3.8, 4) is 5.75 Å². The Balaban J connectivity index is 2.05. The number of carbonyl (C=O) groups excluding carboxylic acids is 1. The van der Waals surface area contributed by atoms with Crippen molar-refractivity contribution in [2.75, 3.05) is 19.5 Å². The number of nitrogens with two attached hydrogens (primary N) is 1. The number of methoxy groups -OCH3 is 1. The summed E-state index contributed by atoms with van der Waals surface area (Å²) in [6.07, 6.45) is 1.37. The number of nitrogens with one attached hydrogen (secondary N) is 1. The molecule has 0 aliphatic carbocycles. The van der Waals surface area contributed by atoms with Crippen molar-refractivity contribution >= 4 is 39.9 Å². The molecule has 1 amide bonds. The van der Waals surface area contributed by atoms with E-state index in [4.69, 9.17) is 22.1 Å². The highest BCUT2D eigenvalue weighted by Crippen LogP contribution is 2.32. The molecule has 0 atom stereocenters. The summed E-state index contributed by atoms with van der Waals surface area (Å²) >= 11 is 5.86. The highest BCUT2D eigenvalue weighted by Gasteiger charge is 2.16. The zero-order chi connectivity index (χ0) is 21.1. The first kappa shape index (κ1) is 20.3. The fraction of sp³-hybridized carbons (Fsp3) is 0.150. The van der Waals surface area contributed by atoms with Crippen LogP contribution in [0.3, 0.4) is 0 Å². The van der Waals surface area contributed by atoms with E-state index in [-0.39, 0.29) is 16.4 Å². The van der Waals surface area contributed by atoms with Crippen molar-refractivity contribution in [3.63, 3.8) is 0 Å². The lowest BCUT2D eigenvalue weighted by atomic mass is 10.1. The van der Waals surface area contributed by atoms with Gasteiger partial charge in [0, 0.05) is 30.6 Å². The van der Waals surface area contributed by atoms with Crippen LogP contribution in [0, 0.1) is 5.82 Å². The number of nitrogens with zero attached hydrogens (tertiary/aromatic N) is 3. The van der Waals surface area contributed by atoms with Crippen molar-refractivity contribution in [2.24, 2.45) is 5.73 Å². The van der Waals surface area contributed by atoms with Crippen LogP contribution in [-0.2, 0) is 11.3 Å². The maximum atomic E-state index is 14.3. The summed E-state index contributed by atoms with van der Waals surface area (Å²) in [6, 6.07) is 8.21. The number of carbonyl (C=O) groups is 1. The molecule has 29 heavy (non-hydrogen) atoms. The molecule has 0 unspecified atom stereocenters. The van der Waals surface area contributed by atoms with Gasteiger partial charge in [0.2, 0.25) is 0 Å². The van der Waals surface area contributed by atoms with Crippen LogP contribution >= 0.6 is 11.6 Å². The highest BCUT2D eigenvalue weighted by molar-refractivity contribution is 6.31. The number of amides is 1. The fourth-order valence-corrected chi connectivity index (χ4v) is 2.98. The van der Waals surface area contributed by atoms with E-state index in [1.165, 1.54) is 19.5 Å². The van der Waals surface area contributed by atoms with Crippen LogP contribution < -0.4 is 15.8 Å². The minimum Gasteiger partial charge on any atom is -0.496 e. The van der Waals surface area contributed by atoms with Gasteiger partial charge in [0.15, 0.2) is 5.82 Å². The Bertz CT molecular complexity index is 1110. The van der Waals surface area contributed by atoms with Gasteiger partial charge in [-0.3, -0.25) is 4.79 Å². The van der Waals surface area contributed by atoms with Crippen LogP contribution in [0.5, 0.6) is 5.75 Å². The van der Waals surface area contributed by atoms with Crippen molar-refractivity contribution in [3.05, 3.63) is 65.3 Å². The second-order valence-electron chi connectivity index (χ2n) is 6.30. The third-order valence-corrected chi connectivity index (χ3v) is 4.69. The molecule has 0 bridgehead atoms. The number of anilines is 2. The number of rotatable bonds is 7. The Labute approximate surface area is 172 Å². The predicted molar refractivity (Wildman–Crippen MR) is 111 cm³/mol. The SMILES string of the molecule is C=C(C(N)=O)N(C)Cc1cc2c(Nc3cccc(Cl)c3F)ncnc2cc1OC. The number of likely N-dealkylation sites (N-methyl/N-ethyl adjacent to an activating group) is 1. The highest BCUT2D eigenvalue weighted by atomic mass is 35.5. The third-order valence-electron chi connectivity index (χ3n) is 4.39. The summed E-state index contributed by atoms with van der Waals surface area (Å²) in [6.45, 7) is 3.99. The number of halogens is 2. The molecule has 0 aliphatic heterocycles. The molecule has 2 aromatic carbocycles. The summed E-state index contributed by atoms with van der Waals surface area (Å²) in [7, 11) is 3.23. The average Bonchev–Trinajstić information content (AvgIpc) is 2.70. The van der Waals surface area contributed by atoms with E-state index in [0.717, 1.165) is 5.56 Å². The Morgan fingerprint density at radius 3 is 2.83 bits per heavy atom. The van der Waals surface area contributed by atoms with Gasteiger partial charge < -0.3 is 20.7 Å². The van der Waals surface area contributed by atoms with E-state index < -0.39 is 11.7 Å². The lowest BCUT2D eigenvalue weighted by molar-refractivity contribution is -0.115. The van der Waals surface area contributed by atoms with E-state index in [1.54, 1.807) is 30.1 Å². The molecule has 150 valence electrons. The second-order valence-corrected chi connectivity index (χ2v) is 6.70. The molecule has 3 rings (SSSR count). The fourth-order valence-electron chi connectivity index (χ4n) is 2.81. The number of primary amides is 1. The van der Waals surface area contributed by atoms with Crippen LogP contribution in [0.4, 0.5) is 15.9 Å². The van der Waals surface area contributed by atoms with E-state index in [9.17, 15) is 9.18 Å². The number of ether oxygens (including phenoxy) is 1. The molecule has 1 aromatic heterocycles. The Morgan fingerprint density at radius 1 is 1.38 bits per heavy atom. The number of hydrogen-bond donors (Lipinski definition) is 2. The molecule has 7 nitrogen and oxygen atoms in total. The van der Waals surface area contributed by atoms with Crippen LogP contribution in [0.1, 0.15) is 5.56 Å². The second kappa shape index (κ2) is 8.32. The van der Waals surface area contributed by atoms with Gasteiger partial charge in [0.05, 0.1) is 29.0 Å². The van der Waals surface area contributed by atoms with Gasteiger partial charge in [-0.25, -0.2) is 14.4 Å². The number of fused-ring (bicyclic) bond motifs is 1.